The molecule has 1 aromatic rings. The molecule has 4 heteroatoms. The number of hydrogen-bond acceptors (Lipinski definition) is 2. The van der Waals surface area contributed by atoms with Crippen molar-refractivity contribution in [2.45, 2.75) is 45.6 Å². The quantitative estimate of drug-likeness (QED) is 0.875. The van der Waals surface area contributed by atoms with Crippen molar-refractivity contribution in [2.24, 2.45) is 13.0 Å². The summed E-state index contributed by atoms with van der Waals surface area (Å²) in [7, 11) is 2.04. The van der Waals surface area contributed by atoms with E-state index in [1.54, 1.807) is 0 Å². The Balaban J connectivity index is 2.05. The molecule has 1 heterocycles. The van der Waals surface area contributed by atoms with Crippen molar-refractivity contribution in [3.8, 4) is 0 Å². The highest BCUT2D eigenvalue weighted by molar-refractivity contribution is 9.10. The number of aromatic nitrogens is 2. The molecule has 0 saturated heterocycles. The molecule has 0 aliphatic heterocycles. The average Bonchev–Trinajstić information content (AvgIpc) is 3.09. The van der Waals surface area contributed by atoms with E-state index in [1.165, 1.54) is 29.4 Å². The van der Waals surface area contributed by atoms with Gasteiger partial charge in [-0.1, -0.05) is 6.92 Å². The standard InChI is InChI=1S/C13H22BrN3/c1-4-7-15-11(10-5-6-10)8-12-13(14)9(2)16-17(12)3/h10-11,15H,4-8H2,1-3H3. The molecule has 0 radical (unpaired) electrons. The number of rotatable bonds is 6. The number of aryl methyl sites for hydroxylation is 2. The Morgan fingerprint density at radius 1 is 1.53 bits per heavy atom. The van der Waals surface area contributed by atoms with Gasteiger partial charge >= 0.3 is 0 Å². The van der Waals surface area contributed by atoms with Gasteiger partial charge in [0, 0.05) is 19.5 Å². The molecule has 0 bridgehead atoms. The third-order valence-electron chi connectivity index (χ3n) is 3.52. The Morgan fingerprint density at radius 2 is 2.24 bits per heavy atom. The minimum Gasteiger partial charge on any atom is -0.313 e. The van der Waals surface area contributed by atoms with E-state index in [0.29, 0.717) is 6.04 Å². The number of hydrogen-bond donors (Lipinski definition) is 1. The minimum absolute atomic E-state index is 0.626. The van der Waals surface area contributed by atoms with Crippen molar-refractivity contribution in [3.63, 3.8) is 0 Å². The van der Waals surface area contributed by atoms with Crippen LogP contribution in [-0.2, 0) is 13.5 Å². The molecule has 0 aromatic carbocycles. The molecular weight excluding hydrogens is 278 g/mol. The summed E-state index contributed by atoms with van der Waals surface area (Å²) in [6.07, 6.45) is 5.06. The zero-order chi connectivity index (χ0) is 12.4. The highest BCUT2D eigenvalue weighted by Crippen LogP contribution is 2.35. The van der Waals surface area contributed by atoms with Crippen LogP contribution < -0.4 is 5.32 Å². The van der Waals surface area contributed by atoms with Gasteiger partial charge in [0.1, 0.15) is 0 Å². The Bertz CT molecular complexity index is 382. The smallest absolute Gasteiger partial charge is 0.0738 e. The van der Waals surface area contributed by atoms with Gasteiger partial charge in [0.25, 0.3) is 0 Å². The molecule has 1 unspecified atom stereocenters. The SMILES string of the molecule is CCCNC(Cc1c(Br)c(C)nn1C)C1CC1. The van der Waals surface area contributed by atoms with Gasteiger partial charge in [-0.05, 0) is 54.6 Å². The first-order valence-corrected chi connectivity index (χ1v) is 7.34. The van der Waals surface area contributed by atoms with Crippen LogP contribution in [0.4, 0.5) is 0 Å². The molecule has 1 fully saturated rings. The lowest BCUT2D eigenvalue weighted by Crippen LogP contribution is -2.34. The van der Waals surface area contributed by atoms with Crippen molar-refractivity contribution in [1.82, 2.24) is 15.1 Å². The molecule has 3 nitrogen and oxygen atoms in total. The molecule has 0 amide bonds. The molecule has 1 saturated carbocycles. The minimum atomic E-state index is 0.626. The summed E-state index contributed by atoms with van der Waals surface area (Å²) in [6, 6.07) is 0.626. The van der Waals surface area contributed by atoms with Crippen LogP contribution in [-0.4, -0.2) is 22.4 Å². The van der Waals surface area contributed by atoms with Crippen molar-refractivity contribution in [1.29, 1.82) is 0 Å². The van der Waals surface area contributed by atoms with E-state index in [2.05, 4.69) is 40.2 Å². The molecule has 17 heavy (non-hydrogen) atoms. The van der Waals surface area contributed by atoms with E-state index in [9.17, 15) is 0 Å². The van der Waals surface area contributed by atoms with E-state index in [1.807, 2.05) is 11.7 Å². The number of halogens is 1. The molecule has 2 rings (SSSR count). The maximum absolute atomic E-state index is 4.47. The largest absolute Gasteiger partial charge is 0.313 e. The fourth-order valence-corrected chi connectivity index (χ4v) is 2.84. The summed E-state index contributed by atoms with van der Waals surface area (Å²) >= 11 is 3.66. The second-order valence-corrected chi connectivity index (χ2v) is 5.86. The van der Waals surface area contributed by atoms with Crippen LogP contribution >= 0.6 is 15.9 Å². The monoisotopic (exact) mass is 299 g/mol. The normalized spacial score (nSPS) is 17.4. The average molecular weight is 300 g/mol. The Labute approximate surface area is 112 Å². The summed E-state index contributed by atoms with van der Waals surface area (Å²) < 4.78 is 3.20. The third-order valence-corrected chi connectivity index (χ3v) is 4.55. The van der Waals surface area contributed by atoms with Crippen LogP contribution in [0.15, 0.2) is 4.47 Å². The van der Waals surface area contributed by atoms with Crippen LogP contribution in [0, 0.1) is 12.8 Å². The molecular formula is C13H22BrN3. The lowest BCUT2D eigenvalue weighted by Gasteiger charge is -2.18. The first-order valence-electron chi connectivity index (χ1n) is 6.54. The first-order chi connectivity index (χ1) is 8.13. The van der Waals surface area contributed by atoms with Gasteiger partial charge in [0.2, 0.25) is 0 Å². The van der Waals surface area contributed by atoms with Gasteiger partial charge < -0.3 is 5.32 Å². The van der Waals surface area contributed by atoms with Crippen molar-refractivity contribution >= 4 is 15.9 Å². The zero-order valence-electron chi connectivity index (χ0n) is 11.0. The second kappa shape index (κ2) is 5.53. The zero-order valence-corrected chi connectivity index (χ0v) is 12.5. The van der Waals surface area contributed by atoms with Crippen LogP contribution in [0.1, 0.15) is 37.6 Å². The highest BCUT2D eigenvalue weighted by Gasteiger charge is 2.32. The van der Waals surface area contributed by atoms with Gasteiger partial charge in [-0.3, -0.25) is 4.68 Å². The summed E-state index contributed by atoms with van der Waals surface area (Å²) in [5.41, 5.74) is 2.41. The second-order valence-electron chi connectivity index (χ2n) is 5.07. The van der Waals surface area contributed by atoms with E-state index < -0.39 is 0 Å². The lowest BCUT2D eigenvalue weighted by atomic mass is 10.1. The van der Waals surface area contributed by atoms with Crippen LogP contribution in [0.5, 0.6) is 0 Å². The van der Waals surface area contributed by atoms with Crippen molar-refractivity contribution in [3.05, 3.63) is 15.9 Å². The molecule has 96 valence electrons. The lowest BCUT2D eigenvalue weighted by molar-refractivity contribution is 0.448. The predicted octanol–water partition coefficient (Wildman–Crippen LogP) is 2.81. The van der Waals surface area contributed by atoms with Gasteiger partial charge in [-0.2, -0.15) is 5.10 Å². The van der Waals surface area contributed by atoms with Crippen LogP contribution in [0.25, 0.3) is 0 Å². The third kappa shape index (κ3) is 3.10. The van der Waals surface area contributed by atoms with E-state index >= 15 is 0 Å². The van der Waals surface area contributed by atoms with Gasteiger partial charge in [0.05, 0.1) is 15.9 Å². The summed E-state index contributed by atoms with van der Waals surface area (Å²) in [4.78, 5) is 0. The van der Waals surface area contributed by atoms with Gasteiger partial charge in [-0.25, -0.2) is 0 Å². The van der Waals surface area contributed by atoms with E-state index in [4.69, 9.17) is 0 Å². The fraction of sp³-hybridized carbons (Fsp3) is 0.769. The molecule has 1 aromatic heterocycles. The number of nitrogens with zero attached hydrogens (tertiary/aromatic N) is 2. The molecule has 1 aliphatic rings. The van der Waals surface area contributed by atoms with Gasteiger partial charge in [-0.15, -0.1) is 0 Å². The van der Waals surface area contributed by atoms with Gasteiger partial charge in [0.15, 0.2) is 0 Å². The van der Waals surface area contributed by atoms with Crippen LogP contribution in [0.2, 0.25) is 0 Å². The first kappa shape index (κ1) is 13.1. The molecule has 0 spiro atoms. The summed E-state index contributed by atoms with van der Waals surface area (Å²) in [5, 5.41) is 8.15. The Morgan fingerprint density at radius 3 is 2.71 bits per heavy atom. The maximum Gasteiger partial charge on any atom is 0.0738 e. The topological polar surface area (TPSA) is 29.9 Å². The Kier molecular flexibility index (Phi) is 4.26. The number of nitrogens with one attached hydrogen (secondary N) is 1. The molecule has 1 aliphatic carbocycles. The summed E-state index contributed by atoms with van der Waals surface area (Å²) in [6.45, 7) is 5.40. The fourth-order valence-electron chi connectivity index (χ4n) is 2.34. The Hall–Kier alpha value is -0.350. The highest BCUT2D eigenvalue weighted by atomic mass is 79.9. The van der Waals surface area contributed by atoms with Crippen molar-refractivity contribution < 1.29 is 0 Å². The molecule has 1 N–H and O–H groups in total. The molecule has 1 atom stereocenters. The van der Waals surface area contributed by atoms with E-state index in [-0.39, 0.29) is 0 Å². The predicted molar refractivity (Wildman–Crippen MR) is 74.2 cm³/mol. The van der Waals surface area contributed by atoms with Crippen molar-refractivity contribution in [2.75, 3.05) is 6.54 Å². The van der Waals surface area contributed by atoms with E-state index in [0.717, 1.165) is 24.6 Å². The summed E-state index contributed by atoms with van der Waals surface area (Å²) in [5.74, 6) is 0.878. The maximum atomic E-state index is 4.47. The van der Waals surface area contributed by atoms with Crippen LogP contribution in [0.3, 0.4) is 0 Å².